The third kappa shape index (κ3) is 11.5. The van der Waals surface area contributed by atoms with Gasteiger partial charge in [0.25, 0.3) is 11.4 Å². The molecule has 0 radical (unpaired) electrons. The lowest BCUT2D eigenvalue weighted by molar-refractivity contribution is -0.385. The Labute approximate surface area is 214 Å². The van der Waals surface area contributed by atoms with Crippen LogP contribution in [0.15, 0.2) is 79.7 Å². The summed E-state index contributed by atoms with van der Waals surface area (Å²) in [6, 6.07) is 6.12. The zero-order valence-corrected chi connectivity index (χ0v) is 20.0. The van der Waals surface area contributed by atoms with Crippen molar-refractivity contribution in [3.8, 4) is 0 Å². The smallest absolute Gasteiger partial charge is 0.449 e. The number of carbonyl (C=O) groups is 1. The number of rotatable bonds is 10. The Morgan fingerprint density at radius 2 is 1.34 bits per heavy atom. The molecule has 0 aromatic carbocycles. The first-order valence-electron chi connectivity index (χ1n) is 11.1. The highest BCUT2D eigenvalue weighted by atomic mass is 16.6. The van der Waals surface area contributed by atoms with Gasteiger partial charge in [0.15, 0.2) is 5.89 Å². The first kappa shape index (κ1) is 29.0. The Kier molecular flexibility index (Phi) is 12.0. The van der Waals surface area contributed by atoms with Gasteiger partial charge in [0.1, 0.15) is 31.2 Å². The summed E-state index contributed by atoms with van der Waals surface area (Å²) in [6.45, 7) is 0. The van der Waals surface area contributed by atoms with Crippen LogP contribution in [-0.4, -0.2) is 30.7 Å². The van der Waals surface area contributed by atoms with Gasteiger partial charge in [0.2, 0.25) is 5.91 Å². The summed E-state index contributed by atoms with van der Waals surface area (Å²) in [4.78, 5) is 51.9. The van der Waals surface area contributed by atoms with E-state index in [1.165, 1.54) is 37.1 Å². The van der Waals surface area contributed by atoms with E-state index in [0.717, 1.165) is 30.7 Å². The minimum atomic E-state index is -0.657. The van der Waals surface area contributed by atoms with Gasteiger partial charge in [-0.3, -0.25) is 35.0 Å². The molecule has 0 saturated heterocycles. The van der Waals surface area contributed by atoms with Crippen LogP contribution in [0.3, 0.4) is 0 Å². The summed E-state index contributed by atoms with van der Waals surface area (Å²) in [5.74, 6) is -0.307. The average Bonchev–Trinajstić information content (AvgIpc) is 3.59. The molecule has 0 unspecified atom stereocenters. The van der Waals surface area contributed by atoms with E-state index in [9.17, 15) is 29.8 Å². The van der Waals surface area contributed by atoms with E-state index >= 15 is 0 Å². The zero-order chi connectivity index (χ0) is 27.8. The minimum Gasteiger partial charge on any atom is -0.449 e. The summed E-state index contributed by atoms with van der Waals surface area (Å²) in [5, 5.41) is 20.7. The molecule has 4 aromatic heterocycles. The number of oxazole rings is 1. The fourth-order valence-corrected chi connectivity index (χ4v) is 2.78. The Balaban J connectivity index is 0.000000221. The van der Waals surface area contributed by atoms with Crippen molar-refractivity contribution in [3.63, 3.8) is 0 Å². The van der Waals surface area contributed by atoms with Crippen molar-refractivity contribution >= 4 is 17.3 Å². The molecule has 0 spiro atoms. The van der Waals surface area contributed by atoms with Gasteiger partial charge in [-0.15, -0.1) is 0 Å². The zero-order valence-electron chi connectivity index (χ0n) is 20.0. The highest BCUT2D eigenvalue weighted by Gasteiger charge is 2.06. The molecule has 0 atom stereocenters. The molecule has 4 aromatic rings. The number of hydrogen-bond acceptors (Lipinski definition) is 12. The maximum absolute atomic E-state index is 10.4. The molecule has 0 fully saturated rings. The Morgan fingerprint density at radius 1 is 0.789 bits per heavy atom. The Hall–Kier alpha value is -5.21. The van der Waals surface area contributed by atoms with E-state index < -0.39 is 15.7 Å². The van der Waals surface area contributed by atoms with E-state index in [0.29, 0.717) is 25.2 Å². The van der Waals surface area contributed by atoms with Crippen molar-refractivity contribution in [1.82, 2.24) is 15.0 Å². The number of aryl methyl sites for hydroxylation is 3. The third-order valence-electron chi connectivity index (χ3n) is 4.59. The fraction of sp³-hybridized carbons (Fsp3) is 0.261. The summed E-state index contributed by atoms with van der Waals surface area (Å²) >= 11 is 0. The van der Waals surface area contributed by atoms with E-state index in [1.54, 1.807) is 24.6 Å². The van der Waals surface area contributed by atoms with Crippen molar-refractivity contribution < 1.29 is 27.9 Å². The molecule has 0 aliphatic heterocycles. The largest absolute Gasteiger partial charge is 0.518 e. The Bertz CT molecular complexity index is 1300. The highest BCUT2D eigenvalue weighted by Crippen LogP contribution is 2.11. The number of nitro groups is 2. The van der Waals surface area contributed by atoms with Gasteiger partial charge in [-0.25, -0.2) is 9.78 Å². The van der Waals surface area contributed by atoms with Gasteiger partial charge < -0.3 is 19.0 Å². The monoisotopic (exact) mass is 528 g/mol. The summed E-state index contributed by atoms with van der Waals surface area (Å²) in [5.41, 5.74) is 6.51. The average molecular weight is 528 g/mol. The molecule has 0 aliphatic carbocycles. The van der Waals surface area contributed by atoms with Crippen LogP contribution >= 0.6 is 0 Å². The van der Waals surface area contributed by atoms with Crippen LogP contribution in [0.4, 0.5) is 11.4 Å². The van der Waals surface area contributed by atoms with Crippen molar-refractivity contribution in [1.29, 1.82) is 0 Å². The number of nitrogens with two attached hydrogens (primary N) is 1. The lowest BCUT2D eigenvalue weighted by Crippen LogP contribution is -2.10. The van der Waals surface area contributed by atoms with Gasteiger partial charge in [-0.2, -0.15) is 0 Å². The summed E-state index contributed by atoms with van der Waals surface area (Å²) in [6.07, 6.45) is 11.9. The quantitative estimate of drug-likeness (QED) is 0.231. The topological polar surface area (TPSA) is 225 Å². The van der Waals surface area contributed by atoms with Gasteiger partial charge in [-0.05, 0) is 37.8 Å². The predicted octanol–water partition coefficient (Wildman–Crippen LogP) is 3.18. The number of pyridine rings is 2. The molecule has 0 aliphatic rings. The van der Waals surface area contributed by atoms with E-state index in [1.807, 2.05) is 0 Å². The molecule has 4 rings (SSSR count). The molecule has 1 amide bonds. The maximum atomic E-state index is 10.4. The molecule has 2 N–H and O–H groups in total. The predicted molar refractivity (Wildman–Crippen MR) is 130 cm³/mol. The molecule has 0 saturated carbocycles. The lowest BCUT2D eigenvalue weighted by Gasteiger charge is -1.98. The first-order chi connectivity index (χ1) is 18.2. The number of carbonyl (C=O) groups excluding carboxylic acids is 1. The normalized spacial score (nSPS) is 9.89. The van der Waals surface area contributed by atoms with Gasteiger partial charge in [-0.1, -0.05) is 0 Å². The van der Waals surface area contributed by atoms with E-state index in [4.69, 9.17) is 10.2 Å². The molecule has 4 heterocycles. The lowest BCUT2D eigenvalue weighted by atomic mass is 10.2. The number of nitrogens with zero attached hydrogens (tertiary/aromatic N) is 5. The van der Waals surface area contributed by atoms with Crippen molar-refractivity contribution in [2.45, 2.75) is 38.5 Å². The second-order valence-corrected chi connectivity index (χ2v) is 7.39. The molecule has 15 heteroatoms. The van der Waals surface area contributed by atoms with Crippen molar-refractivity contribution in [2.24, 2.45) is 5.73 Å². The third-order valence-corrected chi connectivity index (χ3v) is 4.59. The van der Waals surface area contributed by atoms with Gasteiger partial charge in [0, 0.05) is 36.4 Å². The van der Waals surface area contributed by atoms with Crippen LogP contribution in [0.1, 0.15) is 36.5 Å². The minimum absolute atomic E-state index is 0.0152. The SMILES string of the molecule is NC(=O)CCCc1ccc([N+](=O)[O-])cn1.O=[N+]([O-])c1ccc(CCCc2ncco2)nc1.O=c1occo1. The van der Waals surface area contributed by atoms with Crippen LogP contribution in [0, 0.1) is 20.2 Å². The van der Waals surface area contributed by atoms with Crippen LogP contribution in [-0.2, 0) is 24.1 Å². The molecule has 38 heavy (non-hydrogen) atoms. The molecular weight excluding hydrogens is 504 g/mol. The second kappa shape index (κ2) is 15.7. The van der Waals surface area contributed by atoms with Crippen LogP contribution in [0.25, 0.3) is 0 Å². The molecule has 15 nitrogen and oxygen atoms in total. The van der Waals surface area contributed by atoms with Crippen molar-refractivity contribution in [2.75, 3.05) is 0 Å². The Morgan fingerprint density at radius 3 is 1.71 bits per heavy atom. The van der Waals surface area contributed by atoms with E-state index in [-0.39, 0.29) is 17.3 Å². The first-order valence-corrected chi connectivity index (χ1v) is 11.1. The molecule has 0 bridgehead atoms. The highest BCUT2D eigenvalue weighted by molar-refractivity contribution is 5.73. The van der Waals surface area contributed by atoms with Gasteiger partial charge in [0.05, 0.1) is 16.0 Å². The standard InChI is InChI=1S/C11H11N3O3.C9H11N3O3.C3H2O3/c15-14(16)10-5-4-9(13-8-10)2-1-3-11-12-6-7-17-11;10-9(13)3-1-2-7-4-5-8(6-11-7)12(14)15;4-3-5-1-2-6-3/h4-8H,1-3H2;4-6H,1-3H2,(H2,10,13);1-2H. The second-order valence-electron chi connectivity index (χ2n) is 7.39. The number of hydrogen-bond donors (Lipinski definition) is 1. The van der Waals surface area contributed by atoms with Crippen LogP contribution in [0.2, 0.25) is 0 Å². The fourth-order valence-electron chi connectivity index (χ4n) is 2.78. The number of aromatic nitrogens is 3. The van der Waals surface area contributed by atoms with Gasteiger partial charge >= 0.3 is 5.82 Å². The molecular formula is C23H24N6O9. The number of primary amides is 1. The van der Waals surface area contributed by atoms with Crippen LogP contribution < -0.4 is 11.6 Å². The number of amides is 1. The van der Waals surface area contributed by atoms with Crippen LogP contribution in [0.5, 0.6) is 0 Å². The molecule has 200 valence electrons. The maximum Gasteiger partial charge on any atom is 0.518 e. The van der Waals surface area contributed by atoms with E-state index in [2.05, 4.69) is 23.8 Å². The summed E-state index contributed by atoms with van der Waals surface area (Å²) < 4.78 is 13.3. The van der Waals surface area contributed by atoms with Crippen molar-refractivity contribution in [3.05, 3.63) is 110 Å². The summed E-state index contributed by atoms with van der Waals surface area (Å²) in [7, 11) is 0.